The van der Waals surface area contributed by atoms with Crippen LogP contribution in [0.4, 0.5) is 0 Å². The molecule has 0 saturated heterocycles. The van der Waals surface area contributed by atoms with Gasteiger partial charge in [0.05, 0.1) is 0 Å². The Morgan fingerprint density at radius 1 is 1.75 bits per heavy atom. The summed E-state index contributed by atoms with van der Waals surface area (Å²) in [5.41, 5.74) is 1.71. The van der Waals surface area contributed by atoms with Crippen molar-refractivity contribution in [3.63, 3.8) is 0 Å². The second-order valence-corrected chi connectivity index (χ2v) is 3.33. The summed E-state index contributed by atoms with van der Waals surface area (Å²) < 4.78 is 4.13. The molecule has 0 atom stereocenters. The molecular weight excluding hydrogens is 131 g/mol. The molecule has 0 bridgehead atoms. The van der Waals surface area contributed by atoms with E-state index in [1.165, 1.54) is 0 Å². The molecule has 0 aliphatic carbocycles. The summed E-state index contributed by atoms with van der Waals surface area (Å²) in [6.07, 6.45) is 0.164. The minimum atomic E-state index is -3.16. The molecule has 0 aromatic rings. The molecule has 0 aromatic heterocycles. The first kappa shape index (κ1) is 8.23. The molecule has 0 spiro atoms. The predicted octanol–water partition coefficient (Wildman–Crippen LogP) is -0.852. The van der Waals surface area contributed by atoms with Crippen molar-refractivity contribution in [3.8, 4) is 0 Å². The molecule has 0 aliphatic rings. The van der Waals surface area contributed by atoms with Crippen molar-refractivity contribution in [1.29, 1.82) is 0 Å². The molecule has 0 rings (SSSR count). The molecule has 6 heteroatoms. The minimum absolute atomic E-state index is 0.164. The molecule has 0 aromatic carbocycles. The summed E-state index contributed by atoms with van der Waals surface area (Å²) in [5.74, 6) is 4.63. The molecule has 0 heterocycles. The third kappa shape index (κ3) is 3.26. The van der Waals surface area contributed by atoms with Crippen molar-refractivity contribution in [2.24, 2.45) is 5.84 Å². The highest BCUT2D eigenvalue weighted by atomic mass is 31.2. The van der Waals surface area contributed by atoms with E-state index >= 15 is 0 Å². The van der Waals surface area contributed by atoms with Gasteiger partial charge in [0.2, 0.25) is 0 Å². The van der Waals surface area contributed by atoms with Crippen molar-refractivity contribution < 1.29 is 14.4 Å². The Morgan fingerprint density at radius 2 is 2.25 bits per heavy atom. The first-order valence-corrected chi connectivity index (χ1v) is 3.90. The van der Waals surface area contributed by atoms with Crippen LogP contribution < -0.4 is 11.4 Å². The van der Waals surface area contributed by atoms with Crippen LogP contribution in [0.5, 0.6) is 0 Å². The van der Waals surface area contributed by atoms with Crippen LogP contribution in [-0.4, -0.2) is 15.9 Å². The Balaban J connectivity index is 3.37. The normalized spacial score (nSPS) is 12.0. The zero-order valence-electron chi connectivity index (χ0n) is 4.53. The molecule has 50 valence electrons. The van der Waals surface area contributed by atoms with Gasteiger partial charge in [-0.25, -0.2) is 5.84 Å². The first-order valence-electron chi connectivity index (χ1n) is 2.10. The maximum absolute atomic E-state index is 8.63. The van der Waals surface area contributed by atoms with E-state index < -0.39 is 7.94 Å². The maximum atomic E-state index is 8.63. The molecule has 0 fully saturated rings. The van der Waals surface area contributed by atoms with Gasteiger partial charge in [-0.1, -0.05) is 10.2 Å². The van der Waals surface area contributed by atoms with Crippen LogP contribution in [0.1, 0.15) is 6.92 Å². The summed E-state index contributed by atoms with van der Waals surface area (Å²) in [6, 6.07) is 0. The Bertz CT molecular complexity index is 68.3. The number of hydrogen-bond acceptors (Lipinski definition) is 5. The maximum Gasteiger partial charge on any atom is 0.430 e. The average Bonchev–Trinajstić information content (AvgIpc) is 1.67. The van der Waals surface area contributed by atoms with Crippen LogP contribution in [0, 0.1) is 0 Å². The highest BCUT2D eigenvalue weighted by Gasteiger charge is 2.32. The Hall–Kier alpha value is 0.230. The molecule has 5 N–H and O–H groups in total. The quantitative estimate of drug-likeness (QED) is 0.233. The Kier molecular flexibility index (Phi) is 3.39. The van der Waals surface area contributed by atoms with Crippen LogP contribution in [0.15, 0.2) is 0 Å². The highest BCUT2D eigenvalue weighted by molar-refractivity contribution is 7.59. The largest absolute Gasteiger partial charge is 0.430 e. The molecule has 0 amide bonds. The fourth-order valence-electron chi connectivity index (χ4n) is 0.149. The fraction of sp³-hybridized carbons (Fsp3) is 1.00. The summed E-state index contributed by atoms with van der Waals surface area (Å²) >= 11 is 0. The number of nitrogens with one attached hydrogen (secondary N) is 1. The van der Waals surface area contributed by atoms with Gasteiger partial charge in [0.25, 0.3) is 0 Å². The van der Waals surface area contributed by atoms with Crippen molar-refractivity contribution >= 4 is 7.94 Å². The summed E-state index contributed by atoms with van der Waals surface area (Å²) in [7, 11) is -3.16. The van der Waals surface area contributed by atoms with E-state index in [9.17, 15) is 0 Å². The van der Waals surface area contributed by atoms with Gasteiger partial charge in [0, 0.05) is 0 Å². The second kappa shape index (κ2) is 3.29. The topological polar surface area (TPSA) is 87.7 Å². The van der Waals surface area contributed by atoms with E-state index in [1.807, 2.05) is 0 Å². The van der Waals surface area contributed by atoms with Crippen molar-refractivity contribution in [2.75, 3.05) is 6.16 Å². The predicted molar refractivity (Wildman–Crippen MR) is 30.3 cm³/mol. The third-order valence-corrected chi connectivity index (χ3v) is 1.83. The molecule has 0 aliphatic heterocycles. The van der Waals surface area contributed by atoms with Crippen molar-refractivity contribution in [1.82, 2.24) is 5.59 Å². The summed E-state index contributed by atoms with van der Waals surface area (Å²) in [4.78, 5) is 17.3. The van der Waals surface area contributed by atoms with E-state index in [0.717, 1.165) is 0 Å². The van der Waals surface area contributed by atoms with Gasteiger partial charge in [-0.3, -0.25) is 0 Å². The van der Waals surface area contributed by atoms with Crippen LogP contribution in [0.25, 0.3) is 0 Å². The highest BCUT2D eigenvalue weighted by Crippen LogP contribution is 2.48. The average molecular weight is 141 g/mol. The van der Waals surface area contributed by atoms with Gasteiger partial charge in [-0.05, 0) is 6.92 Å². The Labute approximate surface area is 48.0 Å². The lowest BCUT2D eigenvalue weighted by Gasteiger charge is -2.04. The van der Waals surface area contributed by atoms with Gasteiger partial charge in [0.15, 0.2) is 0 Å². The zero-order chi connectivity index (χ0) is 6.62. The third-order valence-electron chi connectivity index (χ3n) is 0.611. The molecule has 5 nitrogen and oxygen atoms in total. The lowest BCUT2D eigenvalue weighted by Crippen LogP contribution is -2.22. The van der Waals surface area contributed by atoms with Crippen LogP contribution in [0.3, 0.4) is 0 Å². The molecule has 0 radical (unpaired) electrons. The Morgan fingerprint density at radius 3 is 2.38 bits per heavy atom. The SMILES string of the molecule is CC[P+](O)(O)ONN. The smallest absolute Gasteiger partial charge is 0.244 e. The number of nitrogens with two attached hydrogens (primary N) is 1. The van der Waals surface area contributed by atoms with Crippen molar-refractivity contribution in [3.05, 3.63) is 0 Å². The van der Waals surface area contributed by atoms with Gasteiger partial charge in [0.1, 0.15) is 6.16 Å². The van der Waals surface area contributed by atoms with E-state index in [4.69, 9.17) is 9.79 Å². The van der Waals surface area contributed by atoms with Crippen LogP contribution in [0.2, 0.25) is 0 Å². The lowest BCUT2D eigenvalue weighted by atomic mass is 11.0. The first-order chi connectivity index (χ1) is 3.62. The molecular formula is C2H10N2O3P+. The second-order valence-electron chi connectivity index (χ2n) is 1.19. The minimum Gasteiger partial charge on any atom is -0.244 e. The van der Waals surface area contributed by atoms with Gasteiger partial charge >= 0.3 is 7.94 Å². The van der Waals surface area contributed by atoms with E-state index in [-0.39, 0.29) is 6.16 Å². The monoisotopic (exact) mass is 141 g/mol. The van der Waals surface area contributed by atoms with Gasteiger partial charge < -0.3 is 0 Å². The number of hydrazine groups is 1. The standard InChI is InChI=1S/C2H10N2O3P/c1-2-8(5,6)7-4-3/h4-6H,2-3H2,1H3/q+1. The van der Waals surface area contributed by atoms with E-state index in [2.05, 4.69) is 10.5 Å². The van der Waals surface area contributed by atoms with Crippen LogP contribution in [-0.2, 0) is 4.62 Å². The number of rotatable bonds is 3. The molecule has 0 saturated carbocycles. The molecule has 8 heavy (non-hydrogen) atoms. The summed E-state index contributed by atoms with van der Waals surface area (Å²) in [5, 5.41) is 0. The summed E-state index contributed by atoms with van der Waals surface area (Å²) in [6.45, 7) is 1.59. The zero-order valence-corrected chi connectivity index (χ0v) is 5.43. The van der Waals surface area contributed by atoms with Crippen molar-refractivity contribution in [2.45, 2.75) is 6.92 Å². The van der Waals surface area contributed by atoms with Gasteiger partial charge in [-0.15, -0.1) is 0 Å². The van der Waals surface area contributed by atoms with Gasteiger partial charge in [-0.2, -0.15) is 9.79 Å². The lowest BCUT2D eigenvalue weighted by molar-refractivity contribution is 0.147. The fourth-order valence-corrected chi connectivity index (χ4v) is 0.447. The van der Waals surface area contributed by atoms with E-state index in [0.29, 0.717) is 0 Å². The molecule has 0 unspecified atom stereocenters. The van der Waals surface area contributed by atoms with E-state index in [1.54, 1.807) is 12.5 Å². The number of hydrogen-bond donors (Lipinski definition) is 4. The van der Waals surface area contributed by atoms with Crippen LogP contribution >= 0.6 is 7.94 Å².